The van der Waals surface area contributed by atoms with Crippen LogP contribution >= 0.6 is 0 Å². The number of amidine groups is 1. The molecular formula is C24H35FN4O. The molecule has 2 aromatic rings. The fourth-order valence-electron chi connectivity index (χ4n) is 3.29. The molecule has 1 aliphatic heterocycles. The molecule has 0 amide bonds. The summed E-state index contributed by atoms with van der Waals surface area (Å²) in [6.45, 7) is 12.7. The lowest BCUT2D eigenvalue weighted by Gasteiger charge is -2.26. The number of nitrogens with zero attached hydrogens (tertiary/aromatic N) is 3. The maximum absolute atomic E-state index is 14.5. The summed E-state index contributed by atoms with van der Waals surface area (Å²) in [5.74, 6) is 6.65. The van der Waals surface area contributed by atoms with Gasteiger partial charge in [-0.2, -0.15) is 0 Å². The lowest BCUT2D eigenvalue weighted by atomic mass is 10.0. The molecule has 1 heterocycles. The molecule has 0 aromatic heterocycles. The Hall–Kier alpha value is -2.28. The van der Waals surface area contributed by atoms with Crippen molar-refractivity contribution in [1.82, 2.24) is 4.90 Å². The topological polar surface area (TPSA) is 54.1 Å². The SMILES string of the molecule is CC.Cc1ccc(N(N)C(Cc2ccccc2C)=NCCN2CCOCC2)c(F)c1. The van der Waals surface area contributed by atoms with Gasteiger partial charge in [0.05, 0.1) is 25.4 Å². The predicted molar refractivity (Wildman–Crippen MR) is 124 cm³/mol. The van der Waals surface area contributed by atoms with Gasteiger partial charge in [-0.15, -0.1) is 0 Å². The highest BCUT2D eigenvalue weighted by atomic mass is 19.1. The number of hydrogen-bond donors (Lipinski definition) is 1. The van der Waals surface area contributed by atoms with Gasteiger partial charge in [-0.25, -0.2) is 10.2 Å². The van der Waals surface area contributed by atoms with Crippen LogP contribution in [0.5, 0.6) is 0 Å². The van der Waals surface area contributed by atoms with E-state index in [1.807, 2.05) is 39.0 Å². The van der Waals surface area contributed by atoms with Gasteiger partial charge in [-0.05, 0) is 42.7 Å². The summed E-state index contributed by atoms with van der Waals surface area (Å²) in [7, 11) is 0. The predicted octanol–water partition coefficient (Wildman–Crippen LogP) is 4.12. The van der Waals surface area contributed by atoms with Crippen LogP contribution in [-0.2, 0) is 11.2 Å². The van der Waals surface area contributed by atoms with Crippen molar-refractivity contribution in [3.8, 4) is 0 Å². The minimum absolute atomic E-state index is 0.337. The van der Waals surface area contributed by atoms with Crippen molar-refractivity contribution in [3.05, 3.63) is 65.0 Å². The van der Waals surface area contributed by atoms with E-state index in [9.17, 15) is 4.39 Å². The minimum atomic E-state index is -0.340. The van der Waals surface area contributed by atoms with E-state index in [4.69, 9.17) is 15.6 Å². The Balaban J connectivity index is 0.00000155. The summed E-state index contributed by atoms with van der Waals surface area (Å²) in [6.07, 6.45) is 0.555. The average Bonchev–Trinajstić information content (AvgIpc) is 2.76. The van der Waals surface area contributed by atoms with Crippen molar-refractivity contribution in [3.63, 3.8) is 0 Å². The molecule has 0 aliphatic carbocycles. The van der Waals surface area contributed by atoms with Crippen LogP contribution < -0.4 is 10.9 Å². The maximum Gasteiger partial charge on any atom is 0.148 e. The van der Waals surface area contributed by atoms with Gasteiger partial charge in [-0.1, -0.05) is 44.2 Å². The van der Waals surface area contributed by atoms with Gasteiger partial charge in [0.25, 0.3) is 0 Å². The van der Waals surface area contributed by atoms with Crippen LogP contribution in [0.25, 0.3) is 0 Å². The summed E-state index contributed by atoms with van der Waals surface area (Å²) in [6, 6.07) is 13.2. The molecule has 6 heteroatoms. The number of morpholine rings is 1. The first kappa shape index (κ1) is 24.0. The van der Waals surface area contributed by atoms with Crippen LogP contribution in [0.2, 0.25) is 0 Å². The molecule has 0 atom stereocenters. The molecule has 164 valence electrons. The Morgan fingerprint density at radius 1 is 1.13 bits per heavy atom. The van der Waals surface area contributed by atoms with Crippen LogP contribution in [0, 0.1) is 19.7 Å². The number of halogens is 1. The number of aliphatic imine (C=N–C) groups is 1. The van der Waals surface area contributed by atoms with Gasteiger partial charge >= 0.3 is 0 Å². The molecule has 1 aliphatic rings. The Labute approximate surface area is 180 Å². The quantitative estimate of drug-likeness (QED) is 0.334. The smallest absolute Gasteiger partial charge is 0.148 e. The Morgan fingerprint density at radius 2 is 1.83 bits per heavy atom. The number of hydrazine groups is 1. The van der Waals surface area contributed by atoms with Crippen molar-refractivity contribution in [2.24, 2.45) is 10.8 Å². The molecule has 0 unspecified atom stereocenters. The van der Waals surface area contributed by atoms with Gasteiger partial charge in [0.15, 0.2) is 0 Å². The number of hydrogen-bond acceptors (Lipinski definition) is 4. The third-order valence-corrected chi connectivity index (χ3v) is 5.06. The molecule has 1 saturated heterocycles. The number of rotatable bonds is 6. The number of anilines is 1. The van der Waals surface area contributed by atoms with E-state index >= 15 is 0 Å². The Kier molecular flexibility index (Phi) is 9.94. The molecule has 0 radical (unpaired) electrons. The second kappa shape index (κ2) is 12.4. The normalized spacial score (nSPS) is 14.8. The fraction of sp³-hybridized carbons (Fsp3) is 0.458. The van der Waals surface area contributed by atoms with Gasteiger partial charge in [-0.3, -0.25) is 14.9 Å². The third kappa shape index (κ3) is 6.90. The number of nitrogens with two attached hydrogens (primary N) is 1. The van der Waals surface area contributed by atoms with Crippen LogP contribution in [0.4, 0.5) is 10.1 Å². The third-order valence-electron chi connectivity index (χ3n) is 5.06. The summed E-state index contributed by atoms with van der Waals surface area (Å²) >= 11 is 0. The second-order valence-corrected chi connectivity index (χ2v) is 7.18. The van der Waals surface area contributed by atoms with E-state index in [-0.39, 0.29) is 5.82 Å². The summed E-state index contributed by atoms with van der Waals surface area (Å²) < 4.78 is 19.9. The number of aryl methyl sites for hydroxylation is 2. The van der Waals surface area contributed by atoms with Gasteiger partial charge in [0.2, 0.25) is 0 Å². The van der Waals surface area contributed by atoms with Crippen LogP contribution in [-0.4, -0.2) is 50.1 Å². The molecule has 2 N–H and O–H groups in total. The average molecular weight is 415 g/mol. The summed E-state index contributed by atoms with van der Waals surface area (Å²) in [4.78, 5) is 7.09. The first-order valence-corrected chi connectivity index (χ1v) is 10.7. The first-order valence-electron chi connectivity index (χ1n) is 10.7. The van der Waals surface area contributed by atoms with Crippen LogP contribution in [0.15, 0.2) is 47.5 Å². The number of ether oxygens (including phenoxy) is 1. The molecule has 3 rings (SSSR count). The van der Waals surface area contributed by atoms with Crippen molar-refractivity contribution >= 4 is 11.5 Å². The fourth-order valence-corrected chi connectivity index (χ4v) is 3.29. The van der Waals surface area contributed by atoms with E-state index in [1.165, 1.54) is 16.6 Å². The summed E-state index contributed by atoms with van der Waals surface area (Å²) in [5.41, 5.74) is 3.50. The molecule has 0 saturated carbocycles. The largest absolute Gasteiger partial charge is 0.379 e. The lowest BCUT2D eigenvalue weighted by Crippen LogP contribution is -2.41. The second-order valence-electron chi connectivity index (χ2n) is 7.18. The zero-order valence-corrected chi connectivity index (χ0v) is 18.7. The minimum Gasteiger partial charge on any atom is -0.379 e. The summed E-state index contributed by atoms with van der Waals surface area (Å²) in [5, 5.41) is 1.39. The van der Waals surface area contributed by atoms with Crippen LogP contribution in [0.1, 0.15) is 30.5 Å². The van der Waals surface area contributed by atoms with Crippen molar-refractivity contribution in [2.75, 3.05) is 44.4 Å². The Morgan fingerprint density at radius 3 is 2.50 bits per heavy atom. The molecule has 1 fully saturated rings. The molecular weight excluding hydrogens is 379 g/mol. The first-order chi connectivity index (χ1) is 14.5. The monoisotopic (exact) mass is 414 g/mol. The van der Waals surface area contributed by atoms with E-state index in [0.29, 0.717) is 24.5 Å². The van der Waals surface area contributed by atoms with E-state index < -0.39 is 0 Å². The van der Waals surface area contributed by atoms with E-state index in [0.717, 1.165) is 44.0 Å². The van der Waals surface area contributed by atoms with Gasteiger partial charge in [0, 0.05) is 26.1 Å². The van der Waals surface area contributed by atoms with Crippen LogP contribution in [0.3, 0.4) is 0 Å². The lowest BCUT2D eigenvalue weighted by molar-refractivity contribution is 0.0394. The highest BCUT2D eigenvalue weighted by Crippen LogP contribution is 2.20. The van der Waals surface area contributed by atoms with Gasteiger partial charge < -0.3 is 4.74 Å². The zero-order chi connectivity index (χ0) is 21.9. The highest BCUT2D eigenvalue weighted by Gasteiger charge is 2.16. The molecule has 5 nitrogen and oxygen atoms in total. The zero-order valence-electron chi connectivity index (χ0n) is 18.7. The molecule has 30 heavy (non-hydrogen) atoms. The van der Waals surface area contributed by atoms with Gasteiger partial charge in [0.1, 0.15) is 11.7 Å². The highest BCUT2D eigenvalue weighted by molar-refractivity contribution is 5.98. The molecule has 0 spiro atoms. The van der Waals surface area contributed by atoms with Crippen molar-refractivity contribution < 1.29 is 9.13 Å². The van der Waals surface area contributed by atoms with Crippen molar-refractivity contribution in [1.29, 1.82) is 0 Å². The molecule has 2 aromatic carbocycles. The Bertz CT molecular complexity index is 819. The number of benzene rings is 2. The standard InChI is InChI=1S/C22H29FN4O.C2H6/c1-17-7-8-21(20(23)15-17)27(24)22(16-19-6-4-3-5-18(19)2)25-9-10-26-11-13-28-14-12-26;1-2/h3-8,15H,9-14,16,24H2,1-2H3;1-2H3. The maximum atomic E-state index is 14.5. The molecule has 0 bridgehead atoms. The van der Waals surface area contributed by atoms with E-state index in [1.54, 1.807) is 6.07 Å². The van der Waals surface area contributed by atoms with Crippen molar-refractivity contribution in [2.45, 2.75) is 34.1 Å². The van der Waals surface area contributed by atoms with E-state index in [2.05, 4.69) is 24.0 Å².